The van der Waals surface area contributed by atoms with Crippen LogP contribution in [0.1, 0.15) is 31.2 Å². The van der Waals surface area contributed by atoms with Crippen molar-refractivity contribution in [2.45, 2.75) is 44.8 Å². The smallest absolute Gasteiger partial charge is 0.369 e. The molecule has 27 heavy (non-hydrogen) atoms. The Morgan fingerprint density at radius 3 is 2.59 bits per heavy atom. The summed E-state index contributed by atoms with van der Waals surface area (Å²) < 4.78 is 38.7. The second kappa shape index (κ2) is 8.50. The third-order valence-electron chi connectivity index (χ3n) is 5.61. The lowest BCUT2D eigenvalue weighted by molar-refractivity contribution is -0.184. The quantitative estimate of drug-likeness (QED) is 0.866. The topological polar surface area (TPSA) is 35.6 Å². The SMILES string of the molecule is Cc1cccc(N2CCN(CC(=O)N[C@@H]3CCC[C@H](C(F)(F)F)C3)CC2)c1. The van der Waals surface area contributed by atoms with Gasteiger partial charge in [0.2, 0.25) is 5.91 Å². The molecular weight excluding hydrogens is 355 g/mol. The molecule has 2 atom stereocenters. The van der Waals surface area contributed by atoms with Crippen LogP contribution in [0.5, 0.6) is 0 Å². The Balaban J connectivity index is 1.43. The van der Waals surface area contributed by atoms with Gasteiger partial charge in [0.25, 0.3) is 0 Å². The highest BCUT2D eigenvalue weighted by Crippen LogP contribution is 2.37. The average Bonchev–Trinajstić information content (AvgIpc) is 2.62. The van der Waals surface area contributed by atoms with E-state index in [1.54, 1.807) is 0 Å². The highest BCUT2D eigenvalue weighted by molar-refractivity contribution is 5.78. The summed E-state index contributed by atoms with van der Waals surface area (Å²) in [5, 5.41) is 2.82. The number of carbonyl (C=O) groups excluding carboxylic acids is 1. The lowest BCUT2D eigenvalue weighted by Crippen LogP contribution is -2.51. The Morgan fingerprint density at radius 2 is 1.93 bits per heavy atom. The molecule has 1 aliphatic heterocycles. The van der Waals surface area contributed by atoms with Gasteiger partial charge in [-0.05, 0) is 43.9 Å². The van der Waals surface area contributed by atoms with E-state index in [-0.39, 0.29) is 31.3 Å². The van der Waals surface area contributed by atoms with E-state index in [4.69, 9.17) is 0 Å². The molecule has 3 rings (SSSR count). The number of aryl methyl sites for hydroxylation is 1. The zero-order valence-corrected chi connectivity index (χ0v) is 15.8. The molecule has 7 heteroatoms. The Morgan fingerprint density at radius 1 is 1.19 bits per heavy atom. The fourth-order valence-electron chi connectivity index (χ4n) is 4.08. The molecule has 1 aromatic rings. The van der Waals surface area contributed by atoms with Crippen LogP contribution in [0.3, 0.4) is 0 Å². The first kappa shape index (κ1) is 20.0. The number of carbonyl (C=O) groups is 1. The predicted molar refractivity (Wildman–Crippen MR) is 99.8 cm³/mol. The van der Waals surface area contributed by atoms with Crippen molar-refractivity contribution in [1.29, 1.82) is 0 Å². The highest BCUT2D eigenvalue weighted by atomic mass is 19.4. The lowest BCUT2D eigenvalue weighted by atomic mass is 9.85. The summed E-state index contributed by atoms with van der Waals surface area (Å²) in [6.07, 6.45) is -2.81. The number of alkyl halides is 3. The third-order valence-corrected chi connectivity index (χ3v) is 5.61. The summed E-state index contributed by atoms with van der Waals surface area (Å²) in [6, 6.07) is 8.01. The molecule has 1 heterocycles. The summed E-state index contributed by atoms with van der Waals surface area (Å²) in [7, 11) is 0. The summed E-state index contributed by atoms with van der Waals surface area (Å²) in [6.45, 7) is 5.56. The second-order valence-corrected chi connectivity index (χ2v) is 7.77. The van der Waals surface area contributed by atoms with Crippen molar-refractivity contribution in [1.82, 2.24) is 10.2 Å². The fraction of sp³-hybridized carbons (Fsp3) is 0.650. The van der Waals surface area contributed by atoms with E-state index in [1.165, 1.54) is 11.3 Å². The van der Waals surface area contributed by atoms with Crippen molar-refractivity contribution in [2.75, 3.05) is 37.6 Å². The monoisotopic (exact) mass is 383 g/mol. The number of piperazine rings is 1. The Kier molecular flexibility index (Phi) is 6.29. The van der Waals surface area contributed by atoms with Crippen LogP contribution in [0.15, 0.2) is 24.3 Å². The van der Waals surface area contributed by atoms with Gasteiger partial charge in [-0.2, -0.15) is 13.2 Å². The van der Waals surface area contributed by atoms with Crippen LogP contribution in [-0.2, 0) is 4.79 Å². The summed E-state index contributed by atoms with van der Waals surface area (Å²) in [5.74, 6) is -1.44. The molecule has 1 N–H and O–H groups in total. The molecule has 1 saturated heterocycles. The maximum atomic E-state index is 12.9. The van der Waals surface area contributed by atoms with E-state index in [2.05, 4.69) is 40.2 Å². The average molecular weight is 383 g/mol. The number of benzene rings is 1. The van der Waals surface area contributed by atoms with Crippen molar-refractivity contribution < 1.29 is 18.0 Å². The van der Waals surface area contributed by atoms with E-state index >= 15 is 0 Å². The van der Waals surface area contributed by atoms with Crippen LogP contribution in [0.4, 0.5) is 18.9 Å². The highest BCUT2D eigenvalue weighted by Gasteiger charge is 2.42. The van der Waals surface area contributed by atoms with E-state index in [9.17, 15) is 18.0 Å². The molecule has 0 unspecified atom stereocenters. The van der Waals surface area contributed by atoms with Crippen molar-refractivity contribution in [3.63, 3.8) is 0 Å². The van der Waals surface area contributed by atoms with E-state index in [0.29, 0.717) is 12.8 Å². The molecule has 4 nitrogen and oxygen atoms in total. The van der Waals surface area contributed by atoms with Gasteiger partial charge in [0.15, 0.2) is 0 Å². The van der Waals surface area contributed by atoms with Crippen molar-refractivity contribution in [3.8, 4) is 0 Å². The fourth-order valence-corrected chi connectivity index (χ4v) is 4.08. The first-order valence-electron chi connectivity index (χ1n) is 9.71. The second-order valence-electron chi connectivity index (χ2n) is 7.77. The maximum Gasteiger partial charge on any atom is 0.391 e. The van der Waals surface area contributed by atoms with Gasteiger partial charge < -0.3 is 10.2 Å². The first-order valence-corrected chi connectivity index (χ1v) is 9.71. The molecule has 1 aromatic carbocycles. The molecular formula is C20H28F3N3O. The largest absolute Gasteiger partial charge is 0.391 e. The van der Waals surface area contributed by atoms with E-state index in [1.807, 2.05) is 6.07 Å². The number of nitrogens with zero attached hydrogens (tertiary/aromatic N) is 2. The van der Waals surface area contributed by atoms with Crippen LogP contribution in [0, 0.1) is 12.8 Å². The summed E-state index contributed by atoms with van der Waals surface area (Å²) >= 11 is 0. The zero-order valence-electron chi connectivity index (χ0n) is 15.8. The Labute approximate surface area is 158 Å². The maximum absolute atomic E-state index is 12.9. The van der Waals surface area contributed by atoms with Gasteiger partial charge in [0.05, 0.1) is 12.5 Å². The minimum absolute atomic E-state index is 0.0103. The lowest BCUT2D eigenvalue weighted by Gasteiger charge is -2.36. The van der Waals surface area contributed by atoms with E-state index in [0.717, 1.165) is 26.2 Å². The Bertz CT molecular complexity index is 642. The van der Waals surface area contributed by atoms with Crippen LogP contribution in [0.2, 0.25) is 0 Å². The van der Waals surface area contributed by atoms with Gasteiger partial charge in [-0.3, -0.25) is 9.69 Å². The minimum Gasteiger partial charge on any atom is -0.369 e. The van der Waals surface area contributed by atoms with Crippen molar-refractivity contribution >= 4 is 11.6 Å². The predicted octanol–water partition coefficient (Wildman–Crippen LogP) is 3.35. The number of halogens is 3. The minimum atomic E-state index is -4.16. The van der Waals surface area contributed by atoms with Crippen LogP contribution in [0.25, 0.3) is 0 Å². The number of nitrogens with one attached hydrogen (secondary N) is 1. The molecule has 1 saturated carbocycles. The molecule has 0 aromatic heterocycles. The van der Waals surface area contributed by atoms with E-state index < -0.39 is 12.1 Å². The van der Waals surface area contributed by atoms with Crippen molar-refractivity contribution in [3.05, 3.63) is 29.8 Å². The standard InChI is InChI=1S/C20H28F3N3O/c1-15-4-2-7-18(12-15)26-10-8-25(9-11-26)14-19(27)24-17-6-3-5-16(13-17)20(21,22)23/h2,4,7,12,16-17H,3,5-6,8-11,13-14H2,1H3,(H,24,27)/t16-,17+/m0/s1. The number of amides is 1. The van der Waals surface area contributed by atoms with Crippen LogP contribution >= 0.6 is 0 Å². The van der Waals surface area contributed by atoms with Gasteiger partial charge in [0, 0.05) is 37.9 Å². The van der Waals surface area contributed by atoms with Gasteiger partial charge in [-0.1, -0.05) is 18.6 Å². The van der Waals surface area contributed by atoms with Crippen LogP contribution < -0.4 is 10.2 Å². The number of hydrogen-bond donors (Lipinski definition) is 1. The molecule has 0 radical (unpaired) electrons. The molecule has 2 fully saturated rings. The van der Waals surface area contributed by atoms with Gasteiger partial charge >= 0.3 is 6.18 Å². The number of anilines is 1. The molecule has 0 spiro atoms. The van der Waals surface area contributed by atoms with Crippen molar-refractivity contribution in [2.24, 2.45) is 5.92 Å². The molecule has 150 valence electrons. The molecule has 0 bridgehead atoms. The number of hydrogen-bond acceptors (Lipinski definition) is 3. The molecule has 2 aliphatic rings. The normalized spacial score (nSPS) is 24.7. The van der Waals surface area contributed by atoms with Gasteiger partial charge in [0.1, 0.15) is 0 Å². The molecule has 1 amide bonds. The van der Waals surface area contributed by atoms with Gasteiger partial charge in [-0.25, -0.2) is 0 Å². The van der Waals surface area contributed by atoms with Gasteiger partial charge in [-0.15, -0.1) is 0 Å². The summed E-state index contributed by atoms with van der Waals surface area (Å²) in [4.78, 5) is 16.7. The zero-order chi connectivity index (χ0) is 19.4. The molecule has 1 aliphatic carbocycles. The first-order chi connectivity index (χ1) is 12.8. The van der Waals surface area contributed by atoms with Crippen LogP contribution in [-0.4, -0.2) is 55.7 Å². The summed E-state index contributed by atoms with van der Waals surface area (Å²) in [5.41, 5.74) is 2.42. The third kappa shape index (κ3) is 5.61. The number of rotatable bonds is 4. The Hall–Kier alpha value is -1.76.